The van der Waals surface area contributed by atoms with Crippen LogP contribution in [0.4, 0.5) is 0 Å². The third-order valence-corrected chi connectivity index (χ3v) is 4.28. The lowest BCUT2D eigenvalue weighted by atomic mass is 9.76. The summed E-state index contributed by atoms with van der Waals surface area (Å²) in [5.74, 6) is 0.880. The van der Waals surface area contributed by atoms with Crippen molar-refractivity contribution in [2.75, 3.05) is 6.54 Å². The lowest BCUT2D eigenvalue weighted by Gasteiger charge is -2.41. The van der Waals surface area contributed by atoms with Crippen LogP contribution in [0.15, 0.2) is 18.2 Å². The van der Waals surface area contributed by atoms with Gasteiger partial charge in [0.2, 0.25) is 5.91 Å². The maximum Gasteiger partial charge on any atom is 0.225 e. The van der Waals surface area contributed by atoms with Gasteiger partial charge in [0.25, 0.3) is 0 Å². The summed E-state index contributed by atoms with van der Waals surface area (Å²) < 4.78 is 0. The lowest BCUT2D eigenvalue weighted by Crippen LogP contribution is -2.46. The Hall–Kier alpha value is -1.31. The van der Waals surface area contributed by atoms with Crippen molar-refractivity contribution < 1.29 is 4.79 Å². The first-order valence-corrected chi connectivity index (χ1v) is 8.64. The molecular formula is C20H33NO. The number of benzene rings is 1. The molecule has 1 amide bonds. The molecule has 1 aliphatic rings. The number of fused-ring (bicyclic) bond motifs is 1. The summed E-state index contributed by atoms with van der Waals surface area (Å²) in [6.07, 6.45) is 0. The summed E-state index contributed by atoms with van der Waals surface area (Å²) in [5.41, 5.74) is 4.14. The standard InChI is InChI=1S/C18H27NO.C2H6/c1-12(2)14-7-8-15-10-19(17(20)13(3)4)11-18(5,6)16(15)9-14;1-2/h7-9,12-13H,10-11H2,1-6H3;1-2H3. The highest BCUT2D eigenvalue weighted by molar-refractivity contribution is 5.78. The monoisotopic (exact) mass is 303 g/mol. The highest BCUT2D eigenvalue weighted by atomic mass is 16.2. The molecule has 0 unspecified atom stereocenters. The predicted octanol–water partition coefficient (Wildman–Crippen LogP) is 5.11. The van der Waals surface area contributed by atoms with Crippen LogP contribution in [-0.2, 0) is 16.8 Å². The minimum absolute atomic E-state index is 0.0308. The summed E-state index contributed by atoms with van der Waals surface area (Å²) in [7, 11) is 0. The Morgan fingerprint density at radius 2 is 1.73 bits per heavy atom. The number of hydrogen-bond acceptors (Lipinski definition) is 1. The topological polar surface area (TPSA) is 20.3 Å². The SMILES string of the molecule is CC.CC(C)C(=O)N1Cc2ccc(C(C)C)cc2C(C)(C)C1. The van der Waals surface area contributed by atoms with Gasteiger partial charge in [-0.05, 0) is 22.6 Å². The Morgan fingerprint density at radius 3 is 2.23 bits per heavy atom. The van der Waals surface area contributed by atoms with E-state index in [1.807, 2.05) is 32.6 Å². The van der Waals surface area contributed by atoms with Crippen LogP contribution in [0.1, 0.15) is 78.0 Å². The van der Waals surface area contributed by atoms with Crippen molar-refractivity contribution in [1.29, 1.82) is 0 Å². The Morgan fingerprint density at radius 1 is 1.14 bits per heavy atom. The van der Waals surface area contributed by atoms with E-state index in [4.69, 9.17) is 0 Å². The molecule has 22 heavy (non-hydrogen) atoms. The van der Waals surface area contributed by atoms with E-state index in [0.29, 0.717) is 5.92 Å². The normalized spacial score (nSPS) is 16.2. The quantitative estimate of drug-likeness (QED) is 0.743. The zero-order valence-electron chi connectivity index (χ0n) is 15.7. The molecular weight excluding hydrogens is 270 g/mol. The molecule has 0 radical (unpaired) electrons. The second kappa shape index (κ2) is 7.30. The van der Waals surface area contributed by atoms with Crippen LogP contribution < -0.4 is 0 Å². The van der Waals surface area contributed by atoms with Crippen molar-refractivity contribution in [3.63, 3.8) is 0 Å². The summed E-state index contributed by atoms with van der Waals surface area (Å²) in [6, 6.07) is 6.77. The highest BCUT2D eigenvalue weighted by Crippen LogP contribution is 2.35. The minimum Gasteiger partial charge on any atom is -0.337 e. The number of hydrogen-bond donors (Lipinski definition) is 0. The van der Waals surface area contributed by atoms with Gasteiger partial charge in [-0.3, -0.25) is 4.79 Å². The molecule has 0 aromatic heterocycles. The van der Waals surface area contributed by atoms with Gasteiger partial charge in [0.05, 0.1) is 0 Å². The number of amides is 1. The van der Waals surface area contributed by atoms with Gasteiger partial charge in [-0.1, -0.05) is 73.6 Å². The number of carbonyl (C=O) groups excluding carboxylic acids is 1. The number of rotatable bonds is 2. The second-order valence-electron chi connectivity index (χ2n) is 7.30. The molecule has 2 heteroatoms. The van der Waals surface area contributed by atoms with E-state index in [-0.39, 0.29) is 17.2 Å². The molecule has 0 spiro atoms. The summed E-state index contributed by atoms with van der Waals surface area (Å²) in [6.45, 7) is 18.5. The Balaban J connectivity index is 0.00000116. The molecule has 0 saturated carbocycles. The highest BCUT2D eigenvalue weighted by Gasteiger charge is 2.34. The molecule has 2 rings (SSSR count). The smallest absolute Gasteiger partial charge is 0.225 e. The predicted molar refractivity (Wildman–Crippen MR) is 95.2 cm³/mol. The molecule has 124 valence electrons. The molecule has 2 nitrogen and oxygen atoms in total. The van der Waals surface area contributed by atoms with Crippen molar-refractivity contribution in [3.8, 4) is 0 Å². The van der Waals surface area contributed by atoms with Crippen molar-refractivity contribution in [1.82, 2.24) is 4.90 Å². The van der Waals surface area contributed by atoms with Gasteiger partial charge >= 0.3 is 0 Å². The van der Waals surface area contributed by atoms with Crippen molar-refractivity contribution in [2.45, 2.75) is 73.3 Å². The fourth-order valence-corrected chi connectivity index (χ4v) is 3.07. The number of nitrogens with zero attached hydrogens (tertiary/aromatic N) is 1. The van der Waals surface area contributed by atoms with Crippen LogP contribution >= 0.6 is 0 Å². The van der Waals surface area contributed by atoms with Gasteiger partial charge in [-0.25, -0.2) is 0 Å². The zero-order chi connectivity index (χ0) is 17.1. The van der Waals surface area contributed by atoms with Gasteiger partial charge in [0, 0.05) is 24.4 Å². The Labute approximate surface area is 136 Å². The molecule has 1 heterocycles. The van der Waals surface area contributed by atoms with Crippen LogP contribution in [-0.4, -0.2) is 17.4 Å². The average molecular weight is 303 g/mol. The van der Waals surface area contributed by atoms with E-state index < -0.39 is 0 Å². The maximum absolute atomic E-state index is 12.3. The third kappa shape index (κ3) is 3.91. The van der Waals surface area contributed by atoms with Gasteiger partial charge < -0.3 is 4.90 Å². The fraction of sp³-hybridized carbons (Fsp3) is 0.650. The molecule has 1 aliphatic heterocycles. The van der Waals surface area contributed by atoms with E-state index in [9.17, 15) is 4.79 Å². The van der Waals surface area contributed by atoms with Crippen LogP contribution in [0.3, 0.4) is 0 Å². The first-order valence-electron chi connectivity index (χ1n) is 8.64. The maximum atomic E-state index is 12.3. The van der Waals surface area contributed by atoms with Crippen LogP contribution in [0.5, 0.6) is 0 Å². The molecule has 0 atom stereocenters. The fourth-order valence-electron chi connectivity index (χ4n) is 3.07. The number of carbonyl (C=O) groups is 1. The Kier molecular flexibility index (Phi) is 6.22. The molecule has 0 fully saturated rings. The minimum atomic E-state index is 0.0308. The van der Waals surface area contributed by atoms with Crippen molar-refractivity contribution in [2.24, 2.45) is 5.92 Å². The van der Waals surface area contributed by atoms with E-state index in [1.54, 1.807) is 0 Å². The second-order valence-corrected chi connectivity index (χ2v) is 7.30. The van der Waals surface area contributed by atoms with Crippen LogP contribution in [0.2, 0.25) is 0 Å². The molecule has 0 N–H and O–H groups in total. The first-order chi connectivity index (χ1) is 10.2. The van der Waals surface area contributed by atoms with Gasteiger partial charge in [0.15, 0.2) is 0 Å². The van der Waals surface area contributed by atoms with E-state index in [2.05, 4.69) is 45.9 Å². The van der Waals surface area contributed by atoms with Crippen LogP contribution in [0, 0.1) is 5.92 Å². The molecule has 1 aromatic carbocycles. The zero-order valence-corrected chi connectivity index (χ0v) is 15.7. The molecule has 1 aromatic rings. The van der Waals surface area contributed by atoms with Gasteiger partial charge in [0.1, 0.15) is 0 Å². The van der Waals surface area contributed by atoms with Crippen molar-refractivity contribution in [3.05, 3.63) is 34.9 Å². The molecule has 0 saturated heterocycles. The van der Waals surface area contributed by atoms with Gasteiger partial charge in [-0.15, -0.1) is 0 Å². The van der Waals surface area contributed by atoms with E-state index >= 15 is 0 Å². The average Bonchev–Trinajstić information content (AvgIpc) is 2.47. The third-order valence-electron chi connectivity index (χ3n) is 4.28. The largest absolute Gasteiger partial charge is 0.337 e. The van der Waals surface area contributed by atoms with E-state index in [1.165, 1.54) is 16.7 Å². The summed E-state index contributed by atoms with van der Waals surface area (Å²) >= 11 is 0. The van der Waals surface area contributed by atoms with Gasteiger partial charge in [-0.2, -0.15) is 0 Å². The first kappa shape index (κ1) is 18.7. The van der Waals surface area contributed by atoms with Crippen molar-refractivity contribution >= 4 is 5.91 Å². The lowest BCUT2D eigenvalue weighted by molar-refractivity contribution is -0.136. The summed E-state index contributed by atoms with van der Waals surface area (Å²) in [4.78, 5) is 14.3. The Bertz CT molecular complexity index is 514. The summed E-state index contributed by atoms with van der Waals surface area (Å²) in [5, 5.41) is 0. The molecule has 0 aliphatic carbocycles. The van der Waals surface area contributed by atoms with E-state index in [0.717, 1.165) is 13.1 Å². The molecule has 0 bridgehead atoms. The van der Waals surface area contributed by atoms with Crippen LogP contribution in [0.25, 0.3) is 0 Å².